The zero-order valence-electron chi connectivity index (χ0n) is 14.2. The van der Waals surface area contributed by atoms with Crippen LogP contribution in [0.5, 0.6) is 0 Å². The maximum absolute atomic E-state index is 13.3. The van der Waals surface area contributed by atoms with Gasteiger partial charge in [-0.05, 0) is 51.2 Å². The highest BCUT2D eigenvalue weighted by Gasteiger charge is 2.33. The molecule has 1 atom stereocenters. The van der Waals surface area contributed by atoms with Gasteiger partial charge in [0.05, 0.1) is 6.04 Å². The van der Waals surface area contributed by atoms with E-state index in [-0.39, 0.29) is 11.9 Å². The summed E-state index contributed by atoms with van der Waals surface area (Å²) in [6.45, 7) is 2.68. The van der Waals surface area contributed by atoms with Crippen molar-refractivity contribution in [1.29, 1.82) is 0 Å². The van der Waals surface area contributed by atoms with E-state index in [4.69, 9.17) is 0 Å². The van der Waals surface area contributed by atoms with Crippen LogP contribution in [0.1, 0.15) is 79.2 Å². The highest BCUT2D eigenvalue weighted by atomic mass is 16.2. The summed E-state index contributed by atoms with van der Waals surface area (Å²) in [6, 6.07) is 4.44. The van der Waals surface area contributed by atoms with Gasteiger partial charge in [-0.2, -0.15) is 5.10 Å². The van der Waals surface area contributed by atoms with Gasteiger partial charge in [-0.1, -0.05) is 12.8 Å². The highest BCUT2D eigenvalue weighted by molar-refractivity contribution is 5.93. The van der Waals surface area contributed by atoms with Crippen molar-refractivity contribution in [2.45, 2.75) is 64.0 Å². The molecule has 0 aromatic carbocycles. The number of nitrogens with zero attached hydrogens (tertiary/aromatic N) is 4. The molecule has 2 fully saturated rings. The summed E-state index contributed by atoms with van der Waals surface area (Å²) in [4.78, 5) is 19.7. The summed E-state index contributed by atoms with van der Waals surface area (Å²) < 4.78 is 2.20. The average Bonchev–Trinajstić information content (AvgIpc) is 3.34. The molecule has 6 heteroatoms. The Kier molecular flexibility index (Phi) is 4.12. The molecule has 1 saturated heterocycles. The molecule has 0 unspecified atom stereocenters. The van der Waals surface area contributed by atoms with Gasteiger partial charge in [0.2, 0.25) is 0 Å². The predicted molar refractivity (Wildman–Crippen MR) is 90.7 cm³/mol. The number of aromatic amines is 1. The molecule has 1 N–H and O–H groups in total. The summed E-state index contributed by atoms with van der Waals surface area (Å²) >= 11 is 0. The first-order chi connectivity index (χ1) is 11.7. The lowest BCUT2D eigenvalue weighted by atomic mass is 10.0. The monoisotopic (exact) mass is 327 g/mol. The Labute approximate surface area is 142 Å². The standard InChI is InChI=1S/C18H25N5O/c1-13-19-17(21-20-13)15-9-4-5-11-23(15)18(24)16-10-6-12-22(16)14-7-2-3-8-14/h6,10,12,14-15H,2-5,7-9,11H2,1H3,(H,19,20,21)/t15-/m0/s1. The number of aryl methyl sites for hydroxylation is 1. The number of likely N-dealkylation sites (tertiary alicyclic amines) is 1. The van der Waals surface area contributed by atoms with Crippen molar-refractivity contribution in [2.75, 3.05) is 6.54 Å². The molecule has 24 heavy (non-hydrogen) atoms. The molecule has 0 bridgehead atoms. The summed E-state index contributed by atoms with van der Waals surface area (Å²) in [5, 5.41) is 7.23. The normalized spacial score (nSPS) is 22.2. The second-order valence-electron chi connectivity index (χ2n) is 7.03. The number of hydrogen-bond acceptors (Lipinski definition) is 3. The first kappa shape index (κ1) is 15.4. The minimum absolute atomic E-state index is 0.0110. The third kappa shape index (κ3) is 2.74. The zero-order chi connectivity index (χ0) is 16.5. The fourth-order valence-corrected chi connectivity index (χ4v) is 4.18. The first-order valence-corrected chi connectivity index (χ1v) is 9.11. The summed E-state index contributed by atoms with van der Waals surface area (Å²) in [5.41, 5.74) is 0.820. The Morgan fingerprint density at radius 3 is 2.75 bits per heavy atom. The molecule has 1 saturated carbocycles. The fraction of sp³-hybridized carbons (Fsp3) is 0.611. The lowest BCUT2D eigenvalue weighted by Gasteiger charge is -2.34. The highest BCUT2D eigenvalue weighted by Crippen LogP contribution is 2.33. The van der Waals surface area contributed by atoms with Crippen LogP contribution in [0.25, 0.3) is 0 Å². The lowest BCUT2D eigenvalue weighted by molar-refractivity contribution is 0.0587. The number of rotatable bonds is 3. The van der Waals surface area contributed by atoms with E-state index in [2.05, 4.69) is 25.9 Å². The molecule has 0 spiro atoms. The van der Waals surface area contributed by atoms with Gasteiger partial charge >= 0.3 is 0 Å². The Bertz CT molecular complexity index is 713. The minimum Gasteiger partial charge on any atom is -0.340 e. The van der Waals surface area contributed by atoms with Gasteiger partial charge in [-0.3, -0.25) is 9.89 Å². The molecule has 3 heterocycles. The smallest absolute Gasteiger partial charge is 0.271 e. The molecule has 128 valence electrons. The van der Waals surface area contributed by atoms with Crippen LogP contribution in [0, 0.1) is 6.92 Å². The Hall–Kier alpha value is -2.11. The lowest BCUT2D eigenvalue weighted by Crippen LogP contribution is -2.40. The fourth-order valence-electron chi connectivity index (χ4n) is 4.18. The van der Waals surface area contributed by atoms with Gasteiger partial charge in [0, 0.05) is 18.8 Å². The van der Waals surface area contributed by atoms with Crippen LogP contribution in [0.15, 0.2) is 18.3 Å². The van der Waals surface area contributed by atoms with Gasteiger partial charge in [0.1, 0.15) is 11.5 Å². The molecular formula is C18H25N5O. The van der Waals surface area contributed by atoms with E-state index in [1.165, 1.54) is 25.7 Å². The number of carbonyl (C=O) groups excluding carboxylic acids is 1. The van der Waals surface area contributed by atoms with E-state index in [1.807, 2.05) is 24.0 Å². The summed E-state index contributed by atoms with van der Waals surface area (Å²) in [6.07, 6.45) is 10.1. The topological polar surface area (TPSA) is 66.8 Å². The Morgan fingerprint density at radius 1 is 1.21 bits per heavy atom. The van der Waals surface area contributed by atoms with Gasteiger partial charge in [0.25, 0.3) is 5.91 Å². The summed E-state index contributed by atoms with van der Waals surface area (Å²) in [5.74, 6) is 1.68. The molecule has 1 aliphatic carbocycles. The van der Waals surface area contributed by atoms with Crippen LogP contribution in [0.2, 0.25) is 0 Å². The summed E-state index contributed by atoms with van der Waals surface area (Å²) in [7, 11) is 0. The molecule has 2 aliphatic rings. The third-order valence-electron chi connectivity index (χ3n) is 5.39. The van der Waals surface area contributed by atoms with Crippen molar-refractivity contribution in [1.82, 2.24) is 24.6 Å². The number of piperidine rings is 1. The maximum Gasteiger partial charge on any atom is 0.271 e. The number of hydrogen-bond donors (Lipinski definition) is 1. The van der Waals surface area contributed by atoms with E-state index in [1.54, 1.807) is 0 Å². The van der Waals surface area contributed by atoms with E-state index in [0.29, 0.717) is 6.04 Å². The van der Waals surface area contributed by atoms with Gasteiger partial charge in [0.15, 0.2) is 5.82 Å². The predicted octanol–water partition coefficient (Wildman–Crippen LogP) is 3.40. The number of amides is 1. The van der Waals surface area contributed by atoms with Crippen LogP contribution in [-0.2, 0) is 0 Å². The Morgan fingerprint density at radius 2 is 2.00 bits per heavy atom. The van der Waals surface area contributed by atoms with Gasteiger partial charge in [-0.15, -0.1) is 0 Å². The molecule has 2 aromatic heterocycles. The van der Waals surface area contributed by atoms with Gasteiger partial charge in [-0.25, -0.2) is 4.98 Å². The van der Waals surface area contributed by atoms with Crippen LogP contribution < -0.4 is 0 Å². The van der Waals surface area contributed by atoms with Crippen LogP contribution in [0.4, 0.5) is 0 Å². The number of carbonyl (C=O) groups is 1. The van der Waals surface area contributed by atoms with Crippen molar-refractivity contribution >= 4 is 5.91 Å². The SMILES string of the molecule is Cc1nc([C@@H]2CCCCN2C(=O)c2cccn2C2CCCC2)n[nH]1. The zero-order valence-corrected chi connectivity index (χ0v) is 14.2. The van der Waals surface area contributed by atoms with E-state index >= 15 is 0 Å². The molecule has 1 amide bonds. The van der Waals surface area contributed by atoms with Crippen molar-refractivity contribution in [2.24, 2.45) is 0 Å². The van der Waals surface area contributed by atoms with E-state index < -0.39 is 0 Å². The number of nitrogens with one attached hydrogen (secondary N) is 1. The van der Waals surface area contributed by atoms with Crippen LogP contribution >= 0.6 is 0 Å². The Balaban J connectivity index is 1.61. The van der Waals surface area contributed by atoms with Crippen LogP contribution in [0.3, 0.4) is 0 Å². The molecule has 0 radical (unpaired) electrons. The van der Waals surface area contributed by atoms with Crippen LogP contribution in [-0.4, -0.2) is 37.1 Å². The molecule has 4 rings (SSSR count). The molecule has 6 nitrogen and oxygen atoms in total. The minimum atomic E-state index is -0.0110. The molecule has 2 aromatic rings. The third-order valence-corrected chi connectivity index (χ3v) is 5.39. The quantitative estimate of drug-likeness (QED) is 0.939. The average molecular weight is 327 g/mol. The second kappa shape index (κ2) is 6.42. The van der Waals surface area contributed by atoms with E-state index in [9.17, 15) is 4.79 Å². The molecular weight excluding hydrogens is 302 g/mol. The van der Waals surface area contributed by atoms with Crippen molar-refractivity contribution in [3.8, 4) is 0 Å². The largest absolute Gasteiger partial charge is 0.340 e. The second-order valence-corrected chi connectivity index (χ2v) is 7.03. The van der Waals surface area contributed by atoms with Gasteiger partial charge < -0.3 is 9.47 Å². The first-order valence-electron chi connectivity index (χ1n) is 9.11. The van der Waals surface area contributed by atoms with Crippen molar-refractivity contribution in [3.63, 3.8) is 0 Å². The number of H-pyrrole nitrogens is 1. The van der Waals surface area contributed by atoms with Crippen molar-refractivity contribution < 1.29 is 4.79 Å². The van der Waals surface area contributed by atoms with E-state index in [0.717, 1.165) is 43.1 Å². The molecule has 1 aliphatic heterocycles. The maximum atomic E-state index is 13.3. The number of aromatic nitrogens is 4. The van der Waals surface area contributed by atoms with Crippen molar-refractivity contribution in [3.05, 3.63) is 35.7 Å².